The van der Waals surface area contributed by atoms with Crippen molar-refractivity contribution < 1.29 is 0 Å². The van der Waals surface area contributed by atoms with Crippen LogP contribution in [0.15, 0.2) is 24.3 Å². The number of benzene rings is 1. The van der Waals surface area contributed by atoms with Gasteiger partial charge in [0, 0.05) is 36.2 Å². The number of halogens is 1. The summed E-state index contributed by atoms with van der Waals surface area (Å²) in [5, 5.41) is 0.788. The van der Waals surface area contributed by atoms with Crippen LogP contribution >= 0.6 is 11.6 Å². The number of nitrogens with zero attached hydrogens (tertiary/aromatic N) is 2. The van der Waals surface area contributed by atoms with E-state index in [1.165, 1.54) is 5.56 Å². The van der Waals surface area contributed by atoms with Crippen molar-refractivity contribution in [2.75, 3.05) is 20.1 Å². The quantitative estimate of drug-likeness (QED) is 0.927. The van der Waals surface area contributed by atoms with Crippen molar-refractivity contribution >= 4 is 11.6 Å². The van der Waals surface area contributed by atoms with Gasteiger partial charge in [0.05, 0.1) is 6.04 Å². The van der Waals surface area contributed by atoms with Crippen LogP contribution in [0.2, 0.25) is 5.02 Å². The minimum atomic E-state index is 0.131. The molecular formula is C17H28ClN3. The molecule has 0 aromatic heterocycles. The average molecular weight is 310 g/mol. The summed E-state index contributed by atoms with van der Waals surface area (Å²) >= 11 is 6.19. The lowest BCUT2D eigenvalue weighted by atomic mass is 9.94. The third kappa shape index (κ3) is 3.78. The fourth-order valence-corrected chi connectivity index (χ4v) is 3.51. The number of likely N-dealkylation sites (N-methyl/N-ethyl adjacent to an activating group) is 1. The zero-order valence-corrected chi connectivity index (χ0v) is 14.3. The van der Waals surface area contributed by atoms with Crippen molar-refractivity contribution in [3.63, 3.8) is 0 Å². The van der Waals surface area contributed by atoms with Gasteiger partial charge in [0.1, 0.15) is 0 Å². The van der Waals surface area contributed by atoms with E-state index in [1.54, 1.807) is 0 Å². The molecule has 0 spiro atoms. The van der Waals surface area contributed by atoms with Crippen LogP contribution in [-0.2, 0) is 0 Å². The van der Waals surface area contributed by atoms with Crippen LogP contribution in [0.5, 0.6) is 0 Å². The zero-order valence-electron chi connectivity index (χ0n) is 13.6. The molecule has 1 aliphatic rings. The molecule has 1 saturated heterocycles. The van der Waals surface area contributed by atoms with Gasteiger partial charge in [0.25, 0.3) is 0 Å². The summed E-state index contributed by atoms with van der Waals surface area (Å²) in [5.41, 5.74) is 7.69. The molecule has 0 amide bonds. The van der Waals surface area contributed by atoms with E-state index in [4.69, 9.17) is 17.3 Å². The minimum Gasteiger partial charge on any atom is -0.326 e. The van der Waals surface area contributed by atoms with Crippen LogP contribution < -0.4 is 5.73 Å². The van der Waals surface area contributed by atoms with Gasteiger partial charge >= 0.3 is 0 Å². The van der Waals surface area contributed by atoms with Crippen LogP contribution in [0.3, 0.4) is 0 Å². The van der Waals surface area contributed by atoms with Crippen molar-refractivity contribution in [1.82, 2.24) is 9.80 Å². The van der Waals surface area contributed by atoms with Gasteiger partial charge in [-0.25, -0.2) is 0 Å². The zero-order chi connectivity index (χ0) is 15.6. The molecule has 4 heteroatoms. The maximum Gasteiger partial charge on any atom is 0.0500 e. The van der Waals surface area contributed by atoms with E-state index in [0.717, 1.165) is 24.5 Å². The number of piperazine rings is 1. The highest BCUT2D eigenvalue weighted by atomic mass is 35.5. The third-order valence-corrected chi connectivity index (χ3v) is 5.08. The smallest absolute Gasteiger partial charge is 0.0500 e. The normalized spacial score (nSPS) is 27.5. The highest BCUT2D eigenvalue weighted by molar-refractivity contribution is 6.30. The van der Waals surface area contributed by atoms with Crippen molar-refractivity contribution in [1.29, 1.82) is 0 Å². The summed E-state index contributed by atoms with van der Waals surface area (Å²) in [6.45, 7) is 8.83. The summed E-state index contributed by atoms with van der Waals surface area (Å²) in [6.07, 6.45) is 0.965. The first kappa shape index (κ1) is 16.8. The maximum absolute atomic E-state index is 6.46. The summed E-state index contributed by atoms with van der Waals surface area (Å²) in [7, 11) is 2.21. The molecule has 2 rings (SSSR count). The Labute approximate surface area is 134 Å². The van der Waals surface area contributed by atoms with Crippen LogP contribution in [0, 0.1) is 0 Å². The Morgan fingerprint density at radius 1 is 1.29 bits per heavy atom. The Morgan fingerprint density at radius 2 is 1.90 bits per heavy atom. The lowest BCUT2D eigenvalue weighted by Gasteiger charge is -2.47. The highest BCUT2D eigenvalue weighted by Crippen LogP contribution is 2.30. The van der Waals surface area contributed by atoms with E-state index in [-0.39, 0.29) is 12.1 Å². The van der Waals surface area contributed by atoms with Crippen LogP contribution in [0.25, 0.3) is 0 Å². The summed E-state index contributed by atoms with van der Waals surface area (Å²) in [4.78, 5) is 4.98. The van der Waals surface area contributed by atoms with Gasteiger partial charge in [0.2, 0.25) is 0 Å². The number of hydrogen-bond donors (Lipinski definition) is 1. The fraction of sp³-hybridized carbons (Fsp3) is 0.647. The predicted octanol–water partition coefficient (Wildman–Crippen LogP) is 3.14. The second-order valence-corrected chi connectivity index (χ2v) is 6.83. The number of nitrogens with two attached hydrogens (primary N) is 1. The van der Waals surface area contributed by atoms with Crippen LogP contribution in [0.4, 0.5) is 0 Å². The topological polar surface area (TPSA) is 32.5 Å². The fourth-order valence-electron chi connectivity index (χ4n) is 3.32. The van der Waals surface area contributed by atoms with Crippen LogP contribution in [-0.4, -0.2) is 48.1 Å². The van der Waals surface area contributed by atoms with E-state index >= 15 is 0 Å². The van der Waals surface area contributed by atoms with Gasteiger partial charge in [-0.15, -0.1) is 0 Å². The number of rotatable bonds is 4. The van der Waals surface area contributed by atoms with Gasteiger partial charge < -0.3 is 5.73 Å². The van der Waals surface area contributed by atoms with E-state index in [2.05, 4.69) is 49.8 Å². The third-order valence-electron chi connectivity index (χ3n) is 4.85. The van der Waals surface area contributed by atoms with E-state index < -0.39 is 0 Å². The average Bonchev–Trinajstić information content (AvgIpc) is 2.44. The molecule has 1 fully saturated rings. The van der Waals surface area contributed by atoms with Gasteiger partial charge in [0.15, 0.2) is 0 Å². The highest BCUT2D eigenvalue weighted by Gasteiger charge is 2.33. The molecule has 21 heavy (non-hydrogen) atoms. The molecule has 4 atom stereocenters. The molecule has 118 valence electrons. The molecule has 1 aliphatic heterocycles. The van der Waals surface area contributed by atoms with Gasteiger partial charge in [-0.05, 0) is 45.0 Å². The Balaban J connectivity index is 2.28. The molecule has 4 unspecified atom stereocenters. The lowest BCUT2D eigenvalue weighted by Crippen LogP contribution is -2.57. The van der Waals surface area contributed by atoms with Crippen molar-refractivity contribution in [3.05, 3.63) is 34.9 Å². The molecule has 0 radical (unpaired) electrons. The SMILES string of the molecule is CCC(N)C(c1cccc(Cl)c1)N1CC(C)N(C)C(C)C1. The van der Waals surface area contributed by atoms with E-state index in [9.17, 15) is 0 Å². The molecular weight excluding hydrogens is 282 g/mol. The first-order valence-corrected chi connectivity index (χ1v) is 8.28. The Kier molecular flexibility index (Phi) is 5.67. The second kappa shape index (κ2) is 7.10. The molecule has 3 nitrogen and oxygen atoms in total. The first-order valence-electron chi connectivity index (χ1n) is 7.91. The van der Waals surface area contributed by atoms with Gasteiger partial charge in [-0.3, -0.25) is 9.80 Å². The summed E-state index contributed by atoms with van der Waals surface area (Å²) in [5.74, 6) is 0. The first-order chi connectivity index (χ1) is 9.93. The van der Waals surface area contributed by atoms with Crippen molar-refractivity contribution in [3.8, 4) is 0 Å². The maximum atomic E-state index is 6.46. The van der Waals surface area contributed by atoms with Crippen LogP contribution in [0.1, 0.15) is 38.8 Å². The van der Waals surface area contributed by atoms with E-state index in [0.29, 0.717) is 12.1 Å². The molecule has 0 bridgehead atoms. The molecule has 0 saturated carbocycles. The number of hydrogen-bond acceptors (Lipinski definition) is 3. The second-order valence-electron chi connectivity index (χ2n) is 6.39. The van der Waals surface area contributed by atoms with Gasteiger partial charge in [-0.2, -0.15) is 0 Å². The predicted molar refractivity (Wildman–Crippen MR) is 90.7 cm³/mol. The monoisotopic (exact) mass is 309 g/mol. The largest absolute Gasteiger partial charge is 0.326 e. The molecule has 1 aromatic carbocycles. The Hall–Kier alpha value is -0.610. The van der Waals surface area contributed by atoms with Gasteiger partial charge in [-0.1, -0.05) is 30.7 Å². The Bertz CT molecular complexity index is 453. The molecule has 1 heterocycles. The van der Waals surface area contributed by atoms with E-state index in [1.807, 2.05) is 12.1 Å². The van der Waals surface area contributed by atoms with Crippen molar-refractivity contribution in [2.45, 2.75) is 51.4 Å². The lowest BCUT2D eigenvalue weighted by molar-refractivity contribution is 0.0254. The molecule has 2 N–H and O–H groups in total. The molecule has 1 aromatic rings. The summed E-state index contributed by atoms with van der Waals surface area (Å²) in [6, 6.07) is 9.62. The Morgan fingerprint density at radius 3 is 2.43 bits per heavy atom. The summed E-state index contributed by atoms with van der Waals surface area (Å²) < 4.78 is 0. The minimum absolute atomic E-state index is 0.131. The standard InChI is InChI=1S/C17H28ClN3/c1-5-16(19)17(14-7-6-8-15(18)9-14)21-10-12(2)20(4)13(3)11-21/h6-9,12-13,16-17H,5,10-11,19H2,1-4H3. The van der Waals surface area contributed by atoms with Crippen molar-refractivity contribution in [2.24, 2.45) is 5.73 Å². The molecule has 0 aliphatic carbocycles.